The molecule has 6 nitrogen and oxygen atoms in total. The third-order valence-electron chi connectivity index (χ3n) is 4.23. The summed E-state index contributed by atoms with van der Waals surface area (Å²) in [6, 6.07) is 0. The molecule has 128 valence electrons. The Hall–Kier alpha value is -1.14. The van der Waals surface area contributed by atoms with Crippen LogP contribution in [0.1, 0.15) is 51.4 Å². The number of carboxylic acids is 2. The van der Waals surface area contributed by atoms with Gasteiger partial charge in [-0.25, -0.2) is 0 Å². The van der Waals surface area contributed by atoms with E-state index < -0.39 is 11.9 Å². The summed E-state index contributed by atoms with van der Waals surface area (Å²) in [5.74, 6) is -1.48. The Balaban J connectivity index is 0.000000249. The van der Waals surface area contributed by atoms with Crippen LogP contribution < -0.4 is 0 Å². The molecule has 0 atom stereocenters. The van der Waals surface area contributed by atoms with E-state index in [0.29, 0.717) is 0 Å². The summed E-state index contributed by atoms with van der Waals surface area (Å²) in [5, 5.41) is 16.7. The number of piperazine rings is 3. The van der Waals surface area contributed by atoms with Crippen LogP contribution in [0.5, 0.6) is 0 Å². The van der Waals surface area contributed by atoms with E-state index >= 15 is 0 Å². The number of hydrogen-bond acceptors (Lipinski definition) is 4. The van der Waals surface area contributed by atoms with Crippen molar-refractivity contribution in [2.75, 3.05) is 39.3 Å². The lowest BCUT2D eigenvalue weighted by Crippen LogP contribution is -2.55. The van der Waals surface area contributed by atoms with Crippen LogP contribution in [-0.2, 0) is 9.59 Å². The number of carboxylic acid groups (broad SMARTS) is 2. The van der Waals surface area contributed by atoms with E-state index in [1.54, 1.807) is 0 Å². The Kier molecular flexibility index (Phi) is 9.82. The maximum atomic E-state index is 10.1. The zero-order valence-corrected chi connectivity index (χ0v) is 13.5. The van der Waals surface area contributed by atoms with Gasteiger partial charge in [0.1, 0.15) is 0 Å². The van der Waals surface area contributed by atoms with Crippen molar-refractivity contribution in [3.63, 3.8) is 0 Å². The second-order valence-corrected chi connectivity index (χ2v) is 6.09. The number of rotatable bonds is 9. The van der Waals surface area contributed by atoms with Gasteiger partial charge in [-0.3, -0.25) is 19.4 Å². The minimum absolute atomic E-state index is 0.245. The van der Waals surface area contributed by atoms with E-state index in [-0.39, 0.29) is 12.8 Å². The van der Waals surface area contributed by atoms with Crippen molar-refractivity contribution in [3.8, 4) is 0 Å². The number of unbranched alkanes of at least 4 members (excludes halogenated alkanes) is 5. The van der Waals surface area contributed by atoms with Crippen molar-refractivity contribution >= 4 is 11.9 Å². The van der Waals surface area contributed by atoms with Gasteiger partial charge in [-0.2, -0.15) is 0 Å². The van der Waals surface area contributed by atoms with Gasteiger partial charge in [-0.1, -0.05) is 25.7 Å². The molecular formula is C16H30N2O4. The molecule has 3 aliphatic rings. The molecule has 0 unspecified atom stereocenters. The van der Waals surface area contributed by atoms with Crippen molar-refractivity contribution in [1.82, 2.24) is 9.80 Å². The standard InChI is InChI=1S/C10H18O4.C6H12N2/c11-9(12)7-5-3-1-2-4-6-8-10(13)14;1-2-8-5-3-7(1)4-6-8/h1-8H2,(H,11,12)(H,13,14);1-6H2. The first-order valence-corrected chi connectivity index (χ1v) is 8.46. The van der Waals surface area contributed by atoms with Gasteiger partial charge in [0.2, 0.25) is 0 Å². The molecule has 2 N–H and O–H groups in total. The van der Waals surface area contributed by atoms with E-state index in [1.165, 1.54) is 39.3 Å². The highest BCUT2D eigenvalue weighted by molar-refractivity contribution is 5.66. The Morgan fingerprint density at radius 3 is 1.09 bits per heavy atom. The fraction of sp³-hybridized carbons (Fsp3) is 0.875. The molecule has 0 saturated carbocycles. The normalized spacial score (nSPS) is 22.7. The Morgan fingerprint density at radius 2 is 0.864 bits per heavy atom. The molecule has 22 heavy (non-hydrogen) atoms. The van der Waals surface area contributed by atoms with Crippen LogP contribution in [0, 0.1) is 0 Å². The molecule has 0 aromatic heterocycles. The average Bonchev–Trinajstić information content (AvgIpc) is 2.52. The highest BCUT2D eigenvalue weighted by atomic mass is 16.4. The van der Waals surface area contributed by atoms with Crippen LogP contribution in [0.4, 0.5) is 0 Å². The number of carbonyl (C=O) groups is 2. The second-order valence-electron chi connectivity index (χ2n) is 6.09. The molecule has 3 heterocycles. The van der Waals surface area contributed by atoms with Crippen molar-refractivity contribution in [2.45, 2.75) is 51.4 Å². The summed E-state index contributed by atoms with van der Waals surface area (Å²) >= 11 is 0. The SMILES string of the molecule is C1CN2CCN1CC2.O=C(O)CCCCCCCCC(=O)O. The number of aliphatic carboxylic acids is 2. The van der Waals surface area contributed by atoms with E-state index in [2.05, 4.69) is 9.80 Å². The van der Waals surface area contributed by atoms with Gasteiger partial charge in [0.15, 0.2) is 0 Å². The molecular weight excluding hydrogens is 284 g/mol. The van der Waals surface area contributed by atoms with Crippen LogP contribution in [-0.4, -0.2) is 71.2 Å². The highest BCUT2D eigenvalue weighted by Crippen LogP contribution is 2.08. The van der Waals surface area contributed by atoms with Crippen LogP contribution in [0.15, 0.2) is 0 Å². The molecule has 3 saturated heterocycles. The lowest BCUT2D eigenvalue weighted by Gasteiger charge is -2.41. The average molecular weight is 314 g/mol. The van der Waals surface area contributed by atoms with Gasteiger partial charge in [-0.15, -0.1) is 0 Å². The molecule has 3 fully saturated rings. The Bertz CT molecular complexity index is 285. The molecule has 3 aliphatic heterocycles. The van der Waals surface area contributed by atoms with Crippen molar-refractivity contribution in [1.29, 1.82) is 0 Å². The predicted molar refractivity (Wildman–Crippen MR) is 85.1 cm³/mol. The third-order valence-corrected chi connectivity index (χ3v) is 4.23. The smallest absolute Gasteiger partial charge is 0.303 e. The van der Waals surface area contributed by atoms with E-state index in [0.717, 1.165) is 38.5 Å². The molecule has 2 bridgehead atoms. The summed E-state index contributed by atoms with van der Waals surface area (Å²) in [5.41, 5.74) is 0. The van der Waals surface area contributed by atoms with Crippen LogP contribution in [0.3, 0.4) is 0 Å². The highest BCUT2D eigenvalue weighted by Gasteiger charge is 2.21. The van der Waals surface area contributed by atoms with Gasteiger partial charge in [-0.05, 0) is 12.8 Å². The van der Waals surface area contributed by atoms with Gasteiger partial charge < -0.3 is 10.2 Å². The van der Waals surface area contributed by atoms with Crippen LogP contribution in [0.25, 0.3) is 0 Å². The number of hydrogen-bond donors (Lipinski definition) is 2. The minimum Gasteiger partial charge on any atom is -0.481 e. The zero-order chi connectivity index (χ0) is 16.2. The first-order valence-electron chi connectivity index (χ1n) is 8.46. The lowest BCUT2D eigenvalue weighted by atomic mass is 10.1. The predicted octanol–water partition coefficient (Wildman–Crippen LogP) is 1.89. The first kappa shape index (κ1) is 18.9. The molecule has 0 amide bonds. The lowest BCUT2D eigenvalue weighted by molar-refractivity contribution is -0.138. The summed E-state index contributed by atoms with van der Waals surface area (Å²) in [6.45, 7) is 7.92. The van der Waals surface area contributed by atoms with Crippen molar-refractivity contribution < 1.29 is 19.8 Å². The molecule has 0 aromatic rings. The van der Waals surface area contributed by atoms with E-state index in [4.69, 9.17) is 10.2 Å². The molecule has 0 spiro atoms. The summed E-state index contributed by atoms with van der Waals surface area (Å²) in [4.78, 5) is 25.4. The maximum Gasteiger partial charge on any atom is 0.303 e. The van der Waals surface area contributed by atoms with Crippen LogP contribution >= 0.6 is 0 Å². The number of nitrogens with zero attached hydrogens (tertiary/aromatic N) is 2. The monoisotopic (exact) mass is 314 g/mol. The summed E-state index contributed by atoms with van der Waals surface area (Å²) in [6.07, 6.45) is 5.82. The number of fused-ring (bicyclic) bond motifs is 3. The molecule has 0 aliphatic carbocycles. The van der Waals surface area contributed by atoms with E-state index in [9.17, 15) is 9.59 Å². The van der Waals surface area contributed by atoms with Gasteiger partial charge in [0.25, 0.3) is 0 Å². The van der Waals surface area contributed by atoms with Crippen molar-refractivity contribution in [2.24, 2.45) is 0 Å². The van der Waals surface area contributed by atoms with Gasteiger partial charge in [0, 0.05) is 52.1 Å². The first-order chi connectivity index (χ1) is 10.6. The topological polar surface area (TPSA) is 81.1 Å². The largest absolute Gasteiger partial charge is 0.481 e. The van der Waals surface area contributed by atoms with Gasteiger partial charge in [0.05, 0.1) is 0 Å². The fourth-order valence-corrected chi connectivity index (χ4v) is 2.78. The quantitative estimate of drug-likeness (QED) is 0.633. The summed E-state index contributed by atoms with van der Waals surface area (Å²) in [7, 11) is 0. The molecule has 0 radical (unpaired) electrons. The molecule has 0 aromatic carbocycles. The fourth-order valence-electron chi connectivity index (χ4n) is 2.78. The third kappa shape index (κ3) is 9.73. The minimum atomic E-state index is -0.740. The Morgan fingerprint density at radius 1 is 0.591 bits per heavy atom. The second kappa shape index (κ2) is 11.4. The molecule has 6 heteroatoms. The Labute approximate surface area is 133 Å². The van der Waals surface area contributed by atoms with Crippen molar-refractivity contribution in [3.05, 3.63) is 0 Å². The van der Waals surface area contributed by atoms with Crippen LogP contribution in [0.2, 0.25) is 0 Å². The zero-order valence-electron chi connectivity index (χ0n) is 13.5. The van der Waals surface area contributed by atoms with E-state index in [1.807, 2.05) is 0 Å². The maximum absolute atomic E-state index is 10.1. The van der Waals surface area contributed by atoms with Gasteiger partial charge >= 0.3 is 11.9 Å². The molecule has 3 rings (SSSR count). The summed E-state index contributed by atoms with van der Waals surface area (Å²) < 4.78 is 0.